The van der Waals surface area contributed by atoms with Gasteiger partial charge in [0.25, 0.3) is 5.91 Å². The molecule has 3 aromatic rings. The number of aromatic nitrogens is 2. The van der Waals surface area contributed by atoms with Crippen LogP contribution < -0.4 is 16.0 Å². The van der Waals surface area contributed by atoms with E-state index in [9.17, 15) is 4.79 Å². The maximum Gasteiger partial charge on any atom is 0.269 e. The van der Waals surface area contributed by atoms with Crippen molar-refractivity contribution in [3.05, 3.63) is 66.1 Å². The lowest BCUT2D eigenvalue weighted by molar-refractivity contribution is -0.106. The van der Waals surface area contributed by atoms with E-state index < -0.39 is 0 Å². The quantitative estimate of drug-likeness (QED) is 0.560. The Labute approximate surface area is 201 Å². The molecule has 7 nitrogen and oxygen atoms in total. The summed E-state index contributed by atoms with van der Waals surface area (Å²) in [5.74, 6) is 1.28. The number of nitrogens with two attached hydrogens (primary N) is 1. The Morgan fingerprint density at radius 2 is 1.82 bits per heavy atom. The number of amides is 2. The summed E-state index contributed by atoms with van der Waals surface area (Å²) in [6, 6.07) is 14.6. The van der Waals surface area contributed by atoms with Crippen molar-refractivity contribution >= 4 is 18.0 Å². The van der Waals surface area contributed by atoms with Gasteiger partial charge in [-0.25, -0.2) is 0 Å². The van der Waals surface area contributed by atoms with Crippen LogP contribution in [-0.4, -0.2) is 42.4 Å². The highest BCUT2D eigenvalue weighted by molar-refractivity contribution is 5.93. The average molecular weight is 460 g/mol. The molecule has 2 aromatic heterocycles. The number of rotatable bonds is 5. The number of nitrogens with one attached hydrogen (secondary N) is 1. The monoisotopic (exact) mass is 459 g/mol. The van der Waals surface area contributed by atoms with Gasteiger partial charge in [0, 0.05) is 43.8 Å². The van der Waals surface area contributed by atoms with Gasteiger partial charge < -0.3 is 16.0 Å². The Kier molecular flexibility index (Phi) is 8.35. The van der Waals surface area contributed by atoms with Crippen molar-refractivity contribution in [2.45, 2.75) is 27.2 Å². The molecule has 7 heteroatoms. The zero-order valence-corrected chi connectivity index (χ0v) is 20.3. The number of primary amides is 1. The summed E-state index contributed by atoms with van der Waals surface area (Å²) in [4.78, 5) is 31.8. The highest BCUT2D eigenvalue weighted by Crippen LogP contribution is 2.33. The van der Waals surface area contributed by atoms with Crippen LogP contribution in [0.15, 0.2) is 54.9 Å². The lowest BCUT2D eigenvalue weighted by atomic mass is 9.95. The van der Waals surface area contributed by atoms with Gasteiger partial charge in [-0.05, 0) is 78.3 Å². The van der Waals surface area contributed by atoms with E-state index in [1.165, 1.54) is 23.2 Å². The number of hydrogen-bond donors (Lipinski definition) is 2. The van der Waals surface area contributed by atoms with Crippen LogP contribution >= 0.6 is 0 Å². The molecule has 1 atom stereocenters. The molecule has 0 aliphatic carbocycles. The van der Waals surface area contributed by atoms with Gasteiger partial charge in [-0.1, -0.05) is 19.9 Å². The summed E-state index contributed by atoms with van der Waals surface area (Å²) in [6.07, 6.45) is 5.00. The van der Waals surface area contributed by atoms with Crippen molar-refractivity contribution in [1.82, 2.24) is 15.3 Å². The Hall–Kier alpha value is -3.74. The SMILES string of the molecule is CNC(=O)c1cc(-c2cc(-c3cc(N4CCC(C(C)C)C4)ccc3C)ccn2)ccn1.NC=O. The molecule has 1 saturated heterocycles. The molecular weight excluding hydrogens is 426 g/mol. The zero-order valence-electron chi connectivity index (χ0n) is 20.3. The maximum atomic E-state index is 12.0. The molecule has 0 radical (unpaired) electrons. The van der Waals surface area contributed by atoms with Crippen LogP contribution in [-0.2, 0) is 4.79 Å². The van der Waals surface area contributed by atoms with E-state index >= 15 is 0 Å². The first kappa shape index (κ1) is 24.9. The molecule has 0 spiro atoms. The van der Waals surface area contributed by atoms with E-state index in [0.717, 1.165) is 41.7 Å². The number of aryl methyl sites for hydroxylation is 1. The fourth-order valence-electron chi connectivity index (χ4n) is 4.28. The van der Waals surface area contributed by atoms with Gasteiger partial charge in [-0.2, -0.15) is 0 Å². The van der Waals surface area contributed by atoms with Crippen molar-refractivity contribution in [1.29, 1.82) is 0 Å². The number of nitrogens with zero attached hydrogens (tertiary/aromatic N) is 3. The van der Waals surface area contributed by atoms with Crippen LogP contribution in [0, 0.1) is 18.8 Å². The standard InChI is InChI=1S/C26H30N4O.CH3NO/c1-17(2)21-9-12-30(16-21)22-6-5-18(3)23(15-22)19-7-10-28-24(13-19)20-8-11-29-25(14-20)26(31)27-4;2-1-3/h5-8,10-11,13-15,17,21H,9,12,16H2,1-4H3,(H,27,31);1H,(H2,2,3). The summed E-state index contributed by atoms with van der Waals surface area (Å²) < 4.78 is 0. The molecule has 1 unspecified atom stereocenters. The molecule has 1 aliphatic rings. The van der Waals surface area contributed by atoms with Gasteiger partial charge in [0.05, 0.1) is 5.69 Å². The Balaban J connectivity index is 0.00000103. The van der Waals surface area contributed by atoms with Crippen LogP contribution in [0.2, 0.25) is 0 Å². The lowest BCUT2D eigenvalue weighted by Gasteiger charge is -2.21. The first-order valence-corrected chi connectivity index (χ1v) is 11.5. The predicted molar refractivity (Wildman–Crippen MR) is 136 cm³/mol. The van der Waals surface area contributed by atoms with E-state index in [2.05, 4.69) is 77.0 Å². The van der Waals surface area contributed by atoms with Crippen molar-refractivity contribution in [3.8, 4) is 22.4 Å². The smallest absolute Gasteiger partial charge is 0.269 e. The number of pyridine rings is 2. The van der Waals surface area contributed by atoms with E-state index in [4.69, 9.17) is 4.79 Å². The second kappa shape index (κ2) is 11.4. The van der Waals surface area contributed by atoms with Crippen molar-refractivity contribution in [2.75, 3.05) is 25.0 Å². The molecule has 0 saturated carbocycles. The summed E-state index contributed by atoms with van der Waals surface area (Å²) in [6.45, 7) is 9.04. The molecule has 0 bridgehead atoms. The maximum absolute atomic E-state index is 12.0. The first-order valence-electron chi connectivity index (χ1n) is 11.5. The molecule has 1 aliphatic heterocycles. The van der Waals surface area contributed by atoms with Gasteiger partial charge in [0.1, 0.15) is 5.69 Å². The topological polar surface area (TPSA) is 101 Å². The zero-order chi connectivity index (χ0) is 24.7. The molecule has 1 fully saturated rings. The molecule has 3 heterocycles. The number of carbonyl (C=O) groups excluding carboxylic acids is 2. The fraction of sp³-hybridized carbons (Fsp3) is 0.333. The first-order chi connectivity index (χ1) is 16.4. The summed E-state index contributed by atoms with van der Waals surface area (Å²) in [5, 5.41) is 2.62. The number of anilines is 1. The van der Waals surface area contributed by atoms with Gasteiger partial charge in [-0.3, -0.25) is 19.6 Å². The summed E-state index contributed by atoms with van der Waals surface area (Å²) >= 11 is 0. The van der Waals surface area contributed by atoms with E-state index in [0.29, 0.717) is 5.69 Å². The number of benzene rings is 1. The summed E-state index contributed by atoms with van der Waals surface area (Å²) in [7, 11) is 1.61. The molecule has 4 rings (SSSR count). The van der Waals surface area contributed by atoms with Crippen molar-refractivity contribution < 1.29 is 9.59 Å². The second-order valence-corrected chi connectivity index (χ2v) is 8.81. The van der Waals surface area contributed by atoms with Crippen molar-refractivity contribution in [2.24, 2.45) is 17.6 Å². The summed E-state index contributed by atoms with van der Waals surface area (Å²) in [5.41, 5.74) is 11.1. The van der Waals surface area contributed by atoms with Crippen LogP contribution in [0.5, 0.6) is 0 Å². The Morgan fingerprint density at radius 1 is 1.12 bits per heavy atom. The Morgan fingerprint density at radius 3 is 2.50 bits per heavy atom. The van der Waals surface area contributed by atoms with Crippen LogP contribution in [0.1, 0.15) is 36.3 Å². The third kappa shape index (κ3) is 5.78. The number of hydrogen-bond acceptors (Lipinski definition) is 5. The van der Waals surface area contributed by atoms with Crippen molar-refractivity contribution in [3.63, 3.8) is 0 Å². The molecule has 178 valence electrons. The minimum Gasteiger partial charge on any atom is -0.372 e. The second-order valence-electron chi connectivity index (χ2n) is 8.81. The number of carbonyl (C=O) groups is 2. The van der Waals surface area contributed by atoms with Crippen LogP contribution in [0.3, 0.4) is 0 Å². The molecule has 2 amide bonds. The largest absolute Gasteiger partial charge is 0.372 e. The molecular formula is C27H33N5O2. The minimum atomic E-state index is -0.202. The van der Waals surface area contributed by atoms with E-state index in [1.54, 1.807) is 19.3 Å². The normalized spacial score (nSPS) is 15.0. The third-order valence-corrected chi connectivity index (χ3v) is 6.34. The third-order valence-electron chi connectivity index (χ3n) is 6.34. The lowest BCUT2D eigenvalue weighted by Crippen LogP contribution is -2.21. The highest BCUT2D eigenvalue weighted by Gasteiger charge is 2.25. The fourth-order valence-corrected chi connectivity index (χ4v) is 4.28. The average Bonchev–Trinajstić information content (AvgIpc) is 3.35. The van der Waals surface area contributed by atoms with Gasteiger partial charge in [0.15, 0.2) is 0 Å². The van der Waals surface area contributed by atoms with Gasteiger partial charge >= 0.3 is 0 Å². The van der Waals surface area contributed by atoms with Gasteiger partial charge in [0.2, 0.25) is 6.41 Å². The predicted octanol–water partition coefficient (Wildman–Crippen LogP) is 4.06. The Bertz CT molecular complexity index is 1150. The molecule has 3 N–H and O–H groups in total. The minimum absolute atomic E-state index is 0.202. The van der Waals surface area contributed by atoms with E-state index in [-0.39, 0.29) is 12.3 Å². The van der Waals surface area contributed by atoms with Crippen LogP contribution in [0.25, 0.3) is 22.4 Å². The highest BCUT2D eigenvalue weighted by atomic mass is 16.1. The van der Waals surface area contributed by atoms with E-state index in [1.807, 2.05) is 12.3 Å². The molecule has 34 heavy (non-hydrogen) atoms. The van der Waals surface area contributed by atoms with Crippen LogP contribution in [0.4, 0.5) is 5.69 Å². The molecule has 1 aromatic carbocycles. The van der Waals surface area contributed by atoms with Gasteiger partial charge in [-0.15, -0.1) is 0 Å².